The van der Waals surface area contributed by atoms with E-state index in [1.807, 2.05) is 18.7 Å². The van der Waals surface area contributed by atoms with E-state index in [2.05, 4.69) is 19.9 Å². The summed E-state index contributed by atoms with van der Waals surface area (Å²) in [6, 6.07) is 6.05. The zero-order chi connectivity index (χ0) is 25.2. The maximum Gasteiger partial charge on any atom is 0.419 e. The molecule has 0 N–H and O–H groups in total. The highest BCUT2D eigenvalue weighted by atomic mass is 19.4. The van der Waals surface area contributed by atoms with Gasteiger partial charge >= 0.3 is 6.18 Å². The molecule has 7 nitrogen and oxygen atoms in total. The van der Waals surface area contributed by atoms with Gasteiger partial charge in [0.2, 0.25) is 11.9 Å². The van der Waals surface area contributed by atoms with Crippen LogP contribution in [-0.4, -0.2) is 59.2 Å². The molecule has 0 bridgehead atoms. The fraction of sp³-hybridized carbons (Fsp3) is 0.391. The molecular formula is C23H24F5N7. The number of piperazine rings is 1. The van der Waals surface area contributed by atoms with Crippen molar-refractivity contribution in [3.8, 4) is 11.4 Å². The molecule has 3 heterocycles. The first-order valence-corrected chi connectivity index (χ1v) is 11.2. The number of rotatable bonds is 6. The molecular weight excluding hydrogens is 469 g/mol. The molecule has 1 aliphatic heterocycles. The van der Waals surface area contributed by atoms with Crippen molar-refractivity contribution in [2.24, 2.45) is 0 Å². The van der Waals surface area contributed by atoms with E-state index in [0.29, 0.717) is 32.1 Å². The lowest BCUT2D eigenvalue weighted by atomic mass is 10.2. The summed E-state index contributed by atoms with van der Waals surface area (Å²) in [5.41, 5.74) is -0.884. The topological polar surface area (TPSA) is 61.3 Å². The molecule has 0 saturated carbocycles. The molecule has 2 aromatic heterocycles. The predicted molar refractivity (Wildman–Crippen MR) is 122 cm³/mol. The number of anilines is 3. The first-order chi connectivity index (χ1) is 16.7. The van der Waals surface area contributed by atoms with Gasteiger partial charge in [-0.05, 0) is 38.1 Å². The number of hydrogen-bond donors (Lipinski definition) is 0. The normalized spacial score (nSPS) is 14.4. The monoisotopic (exact) mass is 493 g/mol. The highest BCUT2D eigenvalue weighted by molar-refractivity contribution is 5.60. The minimum Gasteiger partial charge on any atom is -0.353 e. The SMILES string of the molecule is CCN(CC)c1nc(-c2cccc(F)c2F)nc(N2CCN(c3ncccc3C(F)(F)F)CC2)n1. The molecule has 0 amide bonds. The van der Waals surface area contributed by atoms with Gasteiger partial charge in [-0.15, -0.1) is 0 Å². The Kier molecular flexibility index (Phi) is 6.99. The van der Waals surface area contributed by atoms with E-state index in [1.54, 1.807) is 9.80 Å². The zero-order valence-corrected chi connectivity index (χ0v) is 19.2. The summed E-state index contributed by atoms with van der Waals surface area (Å²) in [6.07, 6.45) is -3.18. The molecule has 1 aromatic carbocycles. The third kappa shape index (κ3) is 5.10. The van der Waals surface area contributed by atoms with Crippen LogP contribution in [0, 0.1) is 11.6 Å². The average molecular weight is 493 g/mol. The molecule has 3 aromatic rings. The van der Waals surface area contributed by atoms with Gasteiger partial charge in [0.05, 0.1) is 11.1 Å². The number of alkyl halides is 3. The minimum absolute atomic E-state index is 0.0135. The summed E-state index contributed by atoms with van der Waals surface area (Å²) in [5.74, 6) is -1.65. The van der Waals surface area contributed by atoms with Gasteiger partial charge in [0.25, 0.3) is 0 Å². The van der Waals surface area contributed by atoms with E-state index in [1.165, 1.54) is 24.4 Å². The third-order valence-corrected chi connectivity index (χ3v) is 5.80. The number of hydrogen-bond acceptors (Lipinski definition) is 7. The summed E-state index contributed by atoms with van der Waals surface area (Å²) < 4.78 is 68.7. The Balaban J connectivity index is 1.65. The first kappa shape index (κ1) is 24.6. The van der Waals surface area contributed by atoms with Crippen molar-refractivity contribution in [2.75, 3.05) is 54.0 Å². The van der Waals surface area contributed by atoms with Crippen molar-refractivity contribution in [2.45, 2.75) is 20.0 Å². The summed E-state index contributed by atoms with van der Waals surface area (Å²) in [4.78, 5) is 22.5. The Morgan fingerprint density at radius 2 is 1.57 bits per heavy atom. The second-order valence-electron chi connectivity index (χ2n) is 7.88. The Morgan fingerprint density at radius 1 is 0.886 bits per heavy atom. The lowest BCUT2D eigenvalue weighted by Gasteiger charge is -2.36. The molecule has 0 atom stereocenters. The fourth-order valence-electron chi connectivity index (χ4n) is 3.93. The van der Waals surface area contributed by atoms with Crippen LogP contribution in [0.1, 0.15) is 19.4 Å². The molecule has 35 heavy (non-hydrogen) atoms. The van der Waals surface area contributed by atoms with Gasteiger partial charge in [-0.1, -0.05) is 6.07 Å². The molecule has 0 spiro atoms. The van der Waals surface area contributed by atoms with Crippen molar-refractivity contribution < 1.29 is 22.0 Å². The standard InChI is InChI=1S/C23H24F5N7/c1-3-33(4-2)21-30-19(15-7-5-9-17(24)18(15)25)31-22(32-21)35-13-11-34(12-14-35)20-16(23(26,27)28)8-6-10-29-20/h5-10H,3-4,11-14H2,1-2H3. The Hall–Kier alpha value is -3.57. The molecule has 1 saturated heterocycles. The van der Waals surface area contributed by atoms with Crippen LogP contribution in [0.25, 0.3) is 11.4 Å². The maximum atomic E-state index is 14.5. The van der Waals surface area contributed by atoms with E-state index in [9.17, 15) is 22.0 Å². The van der Waals surface area contributed by atoms with Gasteiger partial charge in [0.15, 0.2) is 17.5 Å². The van der Waals surface area contributed by atoms with Crippen molar-refractivity contribution in [1.82, 2.24) is 19.9 Å². The summed E-state index contributed by atoms with van der Waals surface area (Å²) in [7, 11) is 0. The number of pyridine rings is 1. The number of halogens is 5. The van der Waals surface area contributed by atoms with E-state index in [0.717, 1.165) is 12.1 Å². The van der Waals surface area contributed by atoms with E-state index in [4.69, 9.17) is 0 Å². The molecule has 1 aliphatic rings. The van der Waals surface area contributed by atoms with E-state index in [-0.39, 0.29) is 36.2 Å². The number of nitrogens with zero attached hydrogens (tertiary/aromatic N) is 7. The van der Waals surface area contributed by atoms with Crippen LogP contribution < -0.4 is 14.7 Å². The summed E-state index contributed by atoms with van der Waals surface area (Å²) in [5, 5.41) is 0. The van der Waals surface area contributed by atoms with Gasteiger partial charge < -0.3 is 14.7 Å². The Labute approximate surface area is 199 Å². The van der Waals surface area contributed by atoms with Crippen LogP contribution in [0.3, 0.4) is 0 Å². The van der Waals surface area contributed by atoms with Gasteiger partial charge in [0, 0.05) is 45.5 Å². The third-order valence-electron chi connectivity index (χ3n) is 5.80. The fourth-order valence-corrected chi connectivity index (χ4v) is 3.93. The van der Waals surface area contributed by atoms with Crippen molar-refractivity contribution >= 4 is 17.7 Å². The molecule has 12 heteroatoms. The lowest BCUT2D eigenvalue weighted by molar-refractivity contribution is -0.137. The van der Waals surface area contributed by atoms with E-state index < -0.39 is 23.4 Å². The second-order valence-corrected chi connectivity index (χ2v) is 7.88. The summed E-state index contributed by atoms with van der Waals surface area (Å²) >= 11 is 0. The van der Waals surface area contributed by atoms with Crippen molar-refractivity contribution in [1.29, 1.82) is 0 Å². The molecule has 186 valence electrons. The zero-order valence-electron chi connectivity index (χ0n) is 19.2. The Bertz CT molecular complexity index is 1180. The molecule has 4 rings (SSSR count). The van der Waals surface area contributed by atoms with E-state index >= 15 is 0 Å². The highest BCUT2D eigenvalue weighted by Gasteiger charge is 2.36. The van der Waals surface area contributed by atoms with Gasteiger partial charge in [-0.3, -0.25) is 0 Å². The van der Waals surface area contributed by atoms with Gasteiger partial charge in [0.1, 0.15) is 5.82 Å². The molecule has 0 aliphatic carbocycles. The largest absolute Gasteiger partial charge is 0.419 e. The van der Waals surface area contributed by atoms with Gasteiger partial charge in [-0.25, -0.2) is 13.8 Å². The molecule has 0 unspecified atom stereocenters. The lowest BCUT2D eigenvalue weighted by Crippen LogP contribution is -2.48. The van der Waals surface area contributed by atoms with Crippen LogP contribution >= 0.6 is 0 Å². The van der Waals surface area contributed by atoms with Crippen LogP contribution in [-0.2, 0) is 6.18 Å². The van der Waals surface area contributed by atoms with Crippen molar-refractivity contribution in [3.63, 3.8) is 0 Å². The molecule has 1 fully saturated rings. The first-order valence-electron chi connectivity index (χ1n) is 11.2. The quantitative estimate of drug-likeness (QED) is 0.472. The summed E-state index contributed by atoms with van der Waals surface area (Å²) in [6.45, 7) is 6.10. The second kappa shape index (κ2) is 9.96. The number of benzene rings is 1. The maximum absolute atomic E-state index is 14.5. The van der Waals surface area contributed by atoms with Crippen molar-refractivity contribution in [3.05, 3.63) is 53.7 Å². The smallest absolute Gasteiger partial charge is 0.353 e. The molecule has 0 radical (unpaired) electrons. The van der Waals surface area contributed by atoms with Crippen LogP contribution in [0.2, 0.25) is 0 Å². The van der Waals surface area contributed by atoms with Crippen LogP contribution in [0.4, 0.5) is 39.7 Å². The predicted octanol–water partition coefficient (Wildman–Crippen LogP) is 4.40. The highest BCUT2D eigenvalue weighted by Crippen LogP contribution is 2.35. The van der Waals surface area contributed by atoms with Gasteiger partial charge in [-0.2, -0.15) is 28.1 Å². The van der Waals surface area contributed by atoms with Crippen LogP contribution in [0.15, 0.2) is 36.5 Å². The Morgan fingerprint density at radius 3 is 2.23 bits per heavy atom. The van der Waals surface area contributed by atoms with Crippen LogP contribution in [0.5, 0.6) is 0 Å². The number of aromatic nitrogens is 4. The average Bonchev–Trinajstić information content (AvgIpc) is 2.86. The minimum atomic E-state index is -4.52.